The predicted molar refractivity (Wildman–Crippen MR) is 110 cm³/mol. The van der Waals surface area contributed by atoms with Gasteiger partial charge in [-0.2, -0.15) is 0 Å². The molecule has 1 aliphatic rings. The van der Waals surface area contributed by atoms with Gasteiger partial charge in [-0.1, -0.05) is 36.4 Å². The molecule has 6 nitrogen and oxygen atoms in total. The van der Waals surface area contributed by atoms with Crippen molar-refractivity contribution in [1.29, 1.82) is 0 Å². The molecule has 1 N–H and O–H groups in total. The summed E-state index contributed by atoms with van der Waals surface area (Å²) in [6.45, 7) is 3.26. The van der Waals surface area contributed by atoms with Gasteiger partial charge in [-0.3, -0.25) is 14.4 Å². The molecule has 0 aromatic heterocycles. The summed E-state index contributed by atoms with van der Waals surface area (Å²) in [5.74, 6) is 0.290. The van der Waals surface area contributed by atoms with Crippen LogP contribution >= 0.6 is 0 Å². The van der Waals surface area contributed by atoms with Crippen LogP contribution < -0.4 is 10.1 Å². The predicted octanol–water partition coefficient (Wildman–Crippen LogP) is 2.82. The van der Waals surface area contributed by atoms with E-state index in [1.54, 1.807) is 24.3 Å². The normalized spacial score (nSPS) is 14.3. The Hall–Kier alpha value is -3.15. The van der Waals surface area contributed by atoms with Crippen molar-refractivity contribution in [2.24, 2.45) is 5.92 Å². The first-order valence-electron chi connectivity index (χ1n) is 9.89. The summed E-state index contributed by atoms with van der Waals surface area (Å²) >= 11 is 0. The van der Waals surface area contributed by atoms with Crippen molar-refractivity contribution in [2.75, 3.05) is 19.6 Å². The highest BCUT2D eigenvalue weighted by atomic mass is 16.5. The molecule has 0 atom stereocenters. The second-order valence-corrected chi connectivity index (χ2v) is 7.32. The third-order valence-electron chi connectivity index (χ3n) is 5.04. The van der Waals surface area contributed by atoms with Gasteiger partial charge < -0.3 is 15.0 Å². The third kappa shape index (κ3) is 6.17. The lowest BCUT2D eigenvalue weighted by molar-refractivity contribution is -0.131. The summed E-state index contributed by atoms with van der Waals surface area (Å²) in [5, 5.41) is 3.01. The lowest BCUT2D eigenvalue weighted by Crippen LogP contribution is -2.41. The van der Waals surface area contributed by atoms with E-state index >= 15 is 0 Å². The maximum atomic E-state index is 12.7. The molecule has 29 heavy (non-hydrogen) atoms. The fourth-order valence-corrected chi connectivity index (χ4v) is 3.48. The average Bonchev–Trinajstić information content (AvgIpc) is 2.72. The molecule has 0 aliphatic carbocycles. The minimum absolute atomic E-state index is 0.0250. The Balaban J connectivity index is 1.44. The molecule has 2 aromatic carbocycles. The summed E-state index contributed by atoms with van der Waals surface area (Å²) < 4.78 is 5.06. The molecule has 6 heteroatoms. The number of nitrogens with one attached hydrogen (secondary N) is 1. The van der Waals surface area contributed by atoms with E-state index in [0.29, 0.717) is 43.3 Å². The van der Waals surface area contributed by atoms with Crippen LogP contribution in [0.15, 0.2) is 54.6 Å². The molecule has 3 rings (SSSR count). The van der Waals surface area contributed by atoms with Crippen LogP contribution in [0.3, 0.4) is 0 Å². The van der Waals surface area contributed by atoms with Gasteiger partial charge in [-0.05, 0) is 42.5 Å². The van der Waals surface area contributed by atoms with Gasteiger partial charge in [0.15, 0.2) is 0 Å². The highest BCUT2D eigenvalue weighted by Gasteiger charge is 2.24. The molecule has 1 saturated heterocycles. The van der Waals surface area contributed by atoms with E-state index in [4.69, 9.17) is 4.74 Å². The van der Waals surface area contributed by atoms with Crippen molar-refractivity contribution in [3.8, 4) is 5.75 Å². The molecular weight excluding hydrogens is 368 g/mol. The van der Waals surface area contributed by atoms with Crippen LogP contribution in [-0.2, 0) is 16.0 Å². The van der Waals surface area contributed by atoms with E-state index in [9.17, 15) is 14.4 Å². The zero-order chi connectivity index (χ0) is 20.6. The smallest absolute Gasteiger partial charge is 0.308 e. The molecule has 0 bridgehead atoms. The third-order valence-corrected chi connectivity index (χ3v) is 5.04. The second kappa shape index (κ2) is 9.87. The summed E-state index contributed by atoms with van der Waals surface area (Å²) in [6, 6.07) is 16.4. The Labute approximate surface area is 170 Å². The highest BCUT2D eigenvalue weighted by molar-refractivity contribution is 5.94. The van der Waals surface area contributed by atoms with Crippen LogP contribution in [-0.4, -0.2) is 42.3 Å². The van der Waals surface area contributed by atoms with Gasteiger partial charge in [0.05, 0.1) is 6.42 Å². The number of hydrogen-bond donors (Lipinski definition) is 1. The minimum Gasteiger partial charge on any atom is -0.427 e. The van der Waals surface area contributed by atoms with Gasteiger partial charge in [0.2, 0.25) is 5.91 Å². The number of esters is 1. The fraction of sp³-hybridized carbons (Fsp3) is 0.348. The molecule has 1 heterocycles. The van der Waals surface area contributed by atoms with E-state index in [2.05, 4.69) is 5.32 Å². The van der Waals surface area contributed by atoms with Gasteiger partial charge in [-0.25, -0.2) is 0 Å². The highest BCUT2D eigenvalue weighted by Crippen LogP contribution is 2.20. The Morgan fingerprint density at radius 2 is 1.76 bits per heavy atom. The number of benzene rings is 2. The molecule has 1 fully saturated rings. The number of carbonyl (C=O) groups is 3. The van der Waals surface area contributed by atoms with Crippen molar-refractivity contribution in [1.82, 2.24) is 10.2 Å². The lowest BCUT2D eigenvalue weighted by atomic mass is 9.96. The van der Waals surface area contributed by atoms with Crippen molar-refractivity contribution in [3.05, 3.63) is 65.7 Å². The van der Waals surface area contributed by atoms with E-state index in [1.807, 2.05) is 35.2 Å². The summed E-state index contributed by atoms with van der Waals surface area (Å²) in [6.07, 6.45) is 2.08. The Morgan fingerprint density at radius 3 is 2.45 bits per heavy atom. The van der Waals surface area contributed by atoms with Gasteiger partial charge in [0.1, 0.15) is 5.75 Å². The first-order valence-corrected chi connectivity index (χ1v) is 9.89. The van der Waals surface area contributed by atoms with E-state index in [0.717, 1.165) is 18.4 Å². The maximum Gasteiger partial charge on any atom is 0.308 e. The number of nitrogens with zero attached hydrogens (tertiary/aromatic N) is 1. The van der Waals surface area contributed by atoms with Crippen LogP contribution in [0.5, 0.6) is 5.75 Å². The summed E-state index contributed by atoms with van der Waals surface area (Å²) in [7, 11) is 0. The fourth-order valence-electron chi connectivity index (χ4n) is 3.48. The largest absolute Gasteiger partial charge is 0.427 e. The maximum absolute atomic E-state index is 12.7. The van der Waals surface area contributed by atoms with Crippen molar-refractivity contribution in [2.45, 2.75) is 26.2 Å². The van der Waals surface area contributed by atoms with Crippen LogP contribution in [0.2, 0.25) is 0 Å². The first kappa shape index (κ1) is 20.6. The standard InChI is InChI=1S/C23H26N2O4/c1-17(26)29-21-9-5-8-20(15-21)23(28)25-12-10-19(11-13-25)16-24-22(27)14-18-6-3-2-4-7-18/h2-9,15,19H,10-14,16H2,1H3,(H,24,27). The number of rotatable bonds is 6. The number of amides is 2. The Kier molecular flexibility index (Phi) is 7.00. The van der Waals surface area contributed by atoms with Crippen molar-refractivity contribution >= 4 is 17.8 Å². The Morgan fingerprint density at radius 1 is 1.03 bits per heavy atom. The van der Waals surface area contributed by atoms with Crippen LogP contribution in [0.25, 0.3) is 0 Å². The van der Waals surface area contributed by atoms with Gasteiger partial charge >= 0.3 is 5.97 Å². The quantitative estimate of drug-likeness (QED) is 0.604. The minimum atomic E-state index is -0.412. The number of piperidine rings is 1. The SMILES string of the molecule is CC(=O)Oc1cccc(C(=O)N2CCC(CNC(=O)Cc3ccccc3)CC2)c1. The number of carbonyl (C=O) groups excluding carboxylic acids is 3. The van der Waals surface area contributed by atoms with Crippen LogP contribution in [0.1, 0.15) is 35.7 Å². The molecular formula is C23H26N2O4. The van der Waals surface area contributed by atoms with Gasteiger partial charge in [0, 0.05) is 32.1 Å². The van der Waals surface area contributed by atoms with E-state index < -0.39 is 5.97 Å². The van der Waals surface area contributed by atoms with Crippen LogP contribution in [0.4, 0.5) is 0 Å². The molecule has 0 unspecified atom stereocenters. The summed E-state index contributed by atoms with van der Waals surface area (Å²) in [5.41, 5.74) is 1.51. The van der Waals surface area contributed by atoms with Crippen molar-refractivity contribution < 1.29 is 19.1 Å². The first-order chi connectivity index (χ1) is 14.0. The molecule has 0 spiro atoms. The topological polar surface area (TPSA) is 75.7 Å². The molecule has 0 saturated carbocycles. The van der Waals surface area contributed by atoms with Crippen LogP contribution in [0, 0.1) is 5.92 Å². The monoisotopic (exact) mass is 394 g/mol. The van der Waals surface area contributed by atoms with Crippen molar-refractivity contribution in [3.63, 3.8) is 0 Å². The lowest BCUT2D eigenvalue weighted by Gasteiger charge is -2.32. The van der Waals surface area contributed by atoms with E-state index in [1.165, 1.54) is 6.92 Å². The van der Waals surface area contributed by atoms with Gasteiger partial charge in [-0.15, -0.1) is 0 Å². The van der Waals surface area contributed by atoms with E-state index in [-0.39, 0.29) is 11.8 Å². The molecule has 0 radical (unpaired) electrons. The average molecular weight is 394 g/mol. The Bertz CT molecular complexity index is 858. The summed E-state index contributed by atoms with van der Waals surface area (Å²) in [4.78, 5) is 37.7. The molecule has 152 valence electrons. The zero-order valence-corrected chi connectivity index (χ0v) is 16.6. The molecule has 1 aliphatic heterocycles. The van der Waals surface area contributed by atoms with Gasteiger partial charge in [0.25, 0.3) is 5.91 Å². The molecule has 2 aromatic rings. The zero-order valence-electron chi connectivity index (χ0n) is 16.6. The number of ether oxygens (including phenoxy) is 1. The number of likely N-dealkylation sites (tertiary alicyclic amines) is 1. The molecule has 2 amide bonds. The second-order valence-electron chi connectivity index (χ2n) is 7.32. The number of hydrogen-bond acceptors (Lipinski definition) is 4.